The lowest BCUT2D eigenvalue weighted by Crippen LogP contribution is -2.56. The summed E-state index contributed by atoms with van der Waals surface area (Å²) in [6, 6.07) is 14.3. The van der Waals surface area contributed by atoms with Crippen molar-refractivity contribution in [1.29, 1.82) is 0 Å². The molecule has 0 aromatic heterocycles. The van der Waals surface area contributed by atoms with Gasteiger partial charge in [-0.25, -0.2) is 9.59 Å². The third kappa shape index (κ3) is 4.65. The number of carbonyl (C=O) groups is 3. The summed E-state index contributed by atoms with van der Waals surface area (Å²) in [6.45, 7) is 5.48. The molecule has 2 aromatic carbocycles. The van der Waals surface area contributed by atoms with Crippen molar-refractivity contribution < 1.29 is 24.2 Å². The minimum absolute atomic E-state index is 0.0779. The Hall–Kier alpha value is -3.35. The summed E-state index contributed by atoms with van der Waals surface area (Å²) < 4.78 is 5.64. The molecule has 7 heteroatoms. The molecule has 3 atom stereocenters. The van der Waals surface area contributed by atoms with E-state index in [0.29, 0.717) is 6.42 Å². The van der Waals surface area contributed by atoms with Crippen molar-refractivity contribution >= 4 is 18.0 Å². The molecule has 0 heterocycles. The smallest absolute Gasteiger partial charge is 0.407 e. The maximum absolute atomic E-state index is 13.4. The van der Waals surface area contributed by atoms with Gasteiger partial charge in [0, 0.05) is 12.0 Å². The second kappa shape index (κ2) is 9.87. The van der Waals surface area contributed by atoms with Gasteiger partial charge in [0.1, 0.15) is 18.7 Å². The van der Waals surface area contributed by atoms with Crippen molar-refractivity contribution in [2.75, 3.05) is 6.61 Å². The van der Waals surface area contributed by atoms with Gasteiger partial charge in [-0.15, -0.1) is 0 Å². The molecule has 180 valence electrons. The minimum Gasteiger partial charge on any atom is -0.480 e. The first-order chi connectivity index (χ1) is 16.3. The van der Waals surface area contributed by atoms with E-state index in [-0.39, 0.29) is 30.4 Å². The first kappa shape index (κ1) is 23.8. The number of alkyl carbamates (subject to hydrolysis) is 1. The zero-order chi connectivity index (χ0) is 24.4. The van der Waals surface area contributed by atoms with Gasteiger partial charge in [0.15, 0.2) is 0 Å². The number of fused-ring (bicyclic) bond motifs is 3. The van der Waals surface area contributed by atoms with Crippen molar-refractivity contribution in [3.8, 4) is 11.1 Å². The molecule has 2 unspecified atom stereocenters. The number of aliphatic carboxylic acids is 1. The Morgan fingerprint density at radius 2 is 1.59 bits per heavy atom. The van der Waals surface area contributed by atoms with E-state index >= 15 is 0 Å². The molecule has 0 radical (unpaired) electrons. The number of amides is 2. The normalized spacial score (nSPS) is 17.1. The minimum atomic E-state index is -1.05. The van der Waals surface area contributed by atoms with Crippen LogP contribution in [0.15, 0.2) is 48.5 Å². The van der Waals surface area contributed by atoms with E-state index in [4.69, 9.17) is 4.74 Å². The Morgan fingerprint density at radius 1 is 1.03 bits per heavy atom. The number of carbonyl (C=O) groups excluding carboxylic acids is 2. The summed E-state index contributed by atoms with van der Waals surface area (Å²) in [5.41, 5.74) is 4.51. The maximum atomic E-state index is 13.4. The highest BCUT2D eigenvalue weighted by molar-refractivity contribution is 5.90. The van der Waals surface area contributed by atoms with Crippen LogP contribution in [0.1, 0.15) is 57.1 Å². The predicted molar refractivity (Wildman–Crippen MR) is 128 cm³/mol. The van der Waals surface area contributed by atoms with Gasteiger partial charge in [-0.3, -0.25) is 4.79 Å². The van der Waals surface area contributed by atoms with Gasteiger partial charge in [0.25, 0.3) is 0 Å². The van der Waals surface area contributed by atoms with E-state index in [1.165, 1.54) is 11.8 Å². The average molecular weight is 465 g/mol. The van der Waals surface area contributed by atoms with Gasteiger partial charge >= 0.3 is 12.1 Å². The molecular formula is C27H32N2O5. The van der Waals surface area contributed by atoms with Gasteiger partial charge in [-0.1, -0.05) is 68.8 Å². The van der Waals surface area contributed by atoms with Crippen LogP contribution in [0.25, 0.3) is 11.1 Å². The zero-order valence-corrected chi connectivity index (χ0v) is 19.9. The number of carboxylic acid groups (broad SMARTS) is 1. The fourth-order valence-corrected chi connectivity index (χ4v) is 4.77. The summed E-state index contributed by atoms with van der Waals surface area (Å²) in [5, 5.41) is 12.2. The van der Waals surface area contributed by atoms with Gasteiger partial charge in [-0.05, 0) is 47.9 Å². The number of hydrogen-bond acceptors (Lipinski definition) is 4. The van der Waals surface area contributed by atoms with E-state index in [1.54, 1.807) is 0 Å². The molecule has 4 rings (SSSR count). The first-order valence-electron chi connectivity index (χ1n) is 12.0. The van der Waals surface area contributed by atoms with Gasteiger partial charge < -0.3 is 20.1 Å². The number of carboxylic acids is 1. The molecule has 0 aliphatic heterocycles. The predicted octanol–water partition coefficient (Wildman–Crippen LogP) is 4.40. The fraction of sp³-hybridized carbons (Fsp3) is 0.444. The molecule has 2 amide bonds. The first-order valence-corrected chi connectivity index (χ1v) is 12.0. The molecule has 0 spiro atoms. The van der Waals surface area contributed by atoms with E-state index in [9.17, 15) is 19.5 Å². The molecule has 2 N–H and O–H groups in total. The zero-order valence-electron chi connectivity index (χ0n) is 19.9. The van der Waals surface area contributed by atoms with E-state index in [2.05, 4.69) is 17.4 Å². The van der Waals surface area contributed by atoms with Gasteiger partial charge in [0.2, 0.25) is 5.91 Å². The van der Waals surface area contributed by atoms with Crippen LogP contribution >= 0.6 is 0 Å². The number of nitrogens with one attached hydrogen (secondary N) is 1. The van der Waals surface area contributed by atoms with Crippen molar-refractivity contribution in [2.45, 2.75) is 64.1 Å². The average Bonchev–Trinajstić information content (AvgIpc) is 3.62. The fourth-order valence-electron chi connectivity index (χ4n) is 4.77. The molecular weight excluding hydrogens is 432 g/mol. The van der Waals surface area contributed by atoms with Crippen molar-refractivity contribution in [1.82, 2.24) is 10.2 Å². The number of nitrogens with zero attached hydrogens (tertiary/aromatic N) is 1. The van der Waals surface area contributed by atoms with E-state index in [1.807, 2.05) is 50.2 Å². The molecule has 0 bridgehead atoms. The lowest BCUT2D eigenvalue weighted by atomic mass is 9.97. The second-order valence-corrected chi connectivity index (χ2v) is 9.32. The Labute approximate surface area is 200 Å². The van der Waals surface area contributed by atoms with E-state index < -0.39 is 24.1 Å². The van der Waals surface area contributed by atoms with Crippen LogP contribution in [-0.4, -0.2) is 52.7 Å². The van der Waals surface area contributed by atoms with Crippen LogP contribution in [0.2, 0.25) is 0 Å². The van der Waals surface area contributed by atoms with Crippen LogP contribution in [0.5, 0.6) is 0 Å². The molecule has 1 saturated carbocycles. The van der Waals surface area contributed by atoms with Crippen molar-refractivity contribution in [2.24, 2.45) is 5.92 Å². The highest BCUT2D eigenvalue weighted by atomic mass is 16.5. The number of hydrogen-bond donors (Lipinski definition) is 2. The van der Waals surface area contributed by atoms with Gasteiger partial charge in [-0.2, -0.15) is 0 Å². The Kier molecular flexibility index (Phi) is 6.91. The maximum Gasteiger partial charge on any atom is 0.407 e. The molecule has 7 nitrogen and oxygen atoms in total. The van der Waals surface area contributed by atoms with Crippen molar-refractivity contribution in [3.63, 3.8) is 0 Å². The molecule has 2 aromatic rings. The number of rotatable bonds is 9. The highest BCUT2D eigenvalue weighted by Crippen LogP contribution is 2.44. The quantitative estimate of drug-likeness (QED) is 0.573. The Bertz CT molecular complexity index is 1030. The lowest BCUT2D eigenvalue weighted by Gasteiger charge is -2.33. The Morgan fingerprint density at radius 3 is 2.09 bits per heavy atom. The second-order valence-electron chi connectivity index (χ2n) is 9.32. The van der Waals surface area contributed by atoms with Crippen molar-refractivity contribution in [3.05, 3.63) is 59.7 Å². The van der Waals surface area contributed by atoms with Crippen LogP contribution in [0, 0.1) is 5.92 Å². The summed E-state index contributed by atoms with van der Waals surface area (Å²) in [5.74, 6) is -1.66. The lowest BCUT2D eigenvalue weighted by molar-refractivity contribution is -0.151. The van der Waals surface area contributed by atoms with E-state index in [0.717, 1.165) is 35.1 Å². The summed E-state index contributed by atoms with van der Waals surface area (Å²) >= 11 is 0. The van der Waals surface area contributed by atoms with Crippen LogP contribution in [-0.2, 0) is 14.3 Å². The highest BCUT2D eigenvalue weighted by Gasteiger charge is 2.42. The molecule has 0 saturated heterocycles. The SMILES string of the molecule is CCC(C)[C@H](NC(=O)OCC1c2ccccc2-c2ccccc21)C(=O)N(C1CC1)C(C)C(=O)O. The summed E-state index contributed by atoms with van der Waals surface area (Å²) in [6.07, 6.45) is 1.54. The standard InChI is InChI=1S/C27H32N2O5/c1-4-16(2)24(25(30)29(18-13-14-18)17(3)26(31)32)28-27(33)34-15-23-21-11-7-5-9-19(21)20-10-6-8-12-22(20)23/h5-12,16-18,23-24H,4,13-15H2,1-3H3,(H,28,33)(H,31,32)/t16?,17?,24-/m0/s1. The third-order valence-electron chi connectivity index (χ3n) is 7.07. The molecule has 34 heavy (non-hydrogen) atoms. The van der Waals surface area contributed by atoms with Crippen LogP contribution in [0.3, 0.4) is 0 Å². The number of ether oxygens (including phenoxy) is 1. The van der Waals surface area contributed by atoms with Crippen LogP contribution in [0.4, 0.5) is 4.79 Å². The van der Waals surface area contributed by atoms with Crippen LogP contribution < -0.4 is 5.32 Å². The monoisotopic (exact) mass is 464 g/mol. The molecule has 2 aliphatic rings. The summed E-state index contributed by atoms with van der Waals surface area (Å²) in [7, 11) is 0. The number of benzene rings is 2. The topological polar surface area (TPSA) is 95.9 Å². The largest absolute Gasteiger partial charge is 0.480 e. The summed E-state index contributed by atoms with van der Waals surface area (Å²) in [4.78, 5) is 39.3. The molecule has 2 aliphatic carbocycles. The molecule has 1 fully saturated rings. The third-order valence-corrected chi connectivity index (χ3v) is 7.07. The Balaban J connectivity index is 1.47. The van der Waals surface area contributed by atoms with Gasteiger partial charge in [0.05, 0.1) is 0 Å².